The molecular formula is C29H34N2O4. The number of amides is 1. The van der Waals surface area contributed by atoms with Gasteiger partial charge in [-0.2, -0.15) is 0 Å². The van der Waals surface area contributed by atoms with E-state index in [1.807, 2.05) is 73.8 Å². The molecule has 0 bridgehead atoms. The molecule has 0 aliphatic heterocycles. The fourth-order valence-corrected chi connectivity index (χ4v) is 3.68. The monoisotopic (exact) mass is 474 g/mol. The summed E-state index contributed by atoms with van der Waals surface area (Å²) in [6.07, 6.45) is 7.44. The summed E-state index contributed by atoms with van der Waals surface area (Å²) in [5.41, 5.74) is 5.19. The molecule has 0 unspecified atom stereocenters. The fourth-order valence-electron chi connectivity index (χ4n) is 3.68. The molecule has 35 heavy (non-hydrogen) atoms. The van der Waals surface area contributed by atoms with Gasteiger partial charge < -0.3 is 19.8 Å². The van der Waals surface area contributed by atoms with Gasteiger partial charge in [-0.05, 0) is 56.9 Å². The summed E-state index contributed by atoms with van der Waals surface area (Å²) in [6.45, 7) is 6.45. The first-order valence-electron chi connectivity index (χ1n) is 11.9. The topological polar surface area (TPSA) is 80.4 Å². The summed E-state index contributed by atoms with van der Waals surface area (Å²) in [4.78, 5) is 28.7. The molecule has 0 radical (unpaired) electrons. The Morgan fingerprint density at radius 1 is 0.971 bits per heavy atom. The van der Waals surface area contributed by atoms with Crippen LogP contribution in [-0.4, -0.2) is 29.7 Å². The number of carbonyl (C=O) groups excluding carboxylic acids is 2. The molecule has 3 aromatic rings. The maximum absolute atomic E-state index is 13.0. The lowest BCUT2D eigenvalue weighted by Crippen LogP contribution is -2.43. The van der Waals surface area contributed by atoms with Crippen LogP contribution in [0.3, 0.4) is 0 Å². The molecule has 1 atom stereocenters. The van der Waals surface area contributed by atoms with Crippen molar-refractivity contribution in [3.8, 4) is 0 Å². The molecule has 2 aromatic carbocycles. The van der Waals surface area contributed by atoms with Gasteiger partial charge in [0.05, 0.1) is 0 Å². The maximum atomic E-state index is 13.0. The third-order valence-corrected chi connectivity index (χ3v) is 5.64. The highest BCUT2D eigenvalue weighted by Gasteiger charge is 2.24. The first-order valence-corrected chi connectivity index (χ1v) is 11.9. The van der Waals surface area contributed by atoms with Crippen LogP contribution in [0.4, 0.5) is 4.79 Å². The van der Waals surface area contributed by atoms with Crippen molar-refractivity contribution >= 4 is 23.0 Å². The van der Waals surface area contributed by atoms with Crippen LogP contribution in [0.25, 0.3) is 10.9 Å². The van der Waals surface area contributed by atoms with E-state index in [1.165, 1.54) is 5.57 Å². The minimum Gasteiger partial charge on any atom is -0.460 e. The van der Waals surface area contributed by atoms with Crippen LogP contribution in [0.15, 0.2) is 84.1 Å². The third kappa shape index (κ3) is 8.49. The van der Waals surface area contributed by atoms with Crippen LogP contribution in [0.5, 0.6) is 0 Å². The Hall–Kier alpha value is -3.80. The Labute approximate surface area is 207 Å². The van der Waals surface area contributed by atoms with Crippen molar-refractivity contribution in [2.24, 2.45) is 0 Å². The number of ether oxygens (including phenoxy) is 2. The zero-order chi connectivity index (χ0) is 25.0. The summed E-state index contributed by atoms with van der Waals surface area (Å²) in [5.74, 6) is -0.500. The second-order valence-electron chi connectivity index (χ2n) is 8.82. The number of nitrogens with one attached hydrogen (secondary N) is 2. The number of rotatable bonds is 11. The van der Waals surface area contributed by atoms with Crippen molar-refractivity contribution in [2.75, 3.05) is 6.61 Å². The number of aromatic nitrogens is 1. The highest BCUT2D eigenvalue weighted by atomic mass is 16.6. The number of esters is 1. The average Bonchev–Trinajstić information content (AvgIpc) is 3.25. The van der Waals surface area contributed by atoms with E-state index in [4.69, 9.17) is 9.47 Å². The molecule has 3 rings (SSSR count). The Morgan fingerprint density at radius 3 is 2.49 bits per heavy atom. The summed E-state index contributed by atoms with van der Waals surface area (Å²) in [5, 5.41) is 3.70. The number of carbonyl (C=O) groups is 2. The normalized spacial score (nSPS) is 12.1. The molecule has 0 aliphatic rings. The second-order valence-corrected chi connectivity index (χ2v) is 8.82. The number of H-pyrrole nitrogens is 1. The molecule has 6 nitrogen and oxygen atoms in total. The van der Waals surface area contributed by atoms with E-state index < -0.39 is 18.1 Å². The van der Waals surface area contributed by atoms with Crippen LogP contribution in [-0.2, 0) is 27.3 Å². The molecule has 0 saturated heterocycles. The second kappa shape index (κ2) is 13.2. The molecule has 6 heteroatoms. The van der Waals surface area contributed by atoms with Gasteiger partial charge in [0.25, 0.3) is 0 Å². The molecule has 0 saturated carbocycles. The molecule has 0 spiro atoms. The Bertz CT molecular complexity index is 1170. The molecule has 184 valence electrons. The van der Waals surface area contributed by atoms with Crippen molar-refractivity contribution in [1.82, 2.24) is 10.3 Å². The largest absolute Gasteiger partial charge is 0.460 e. The average molecular weight is 475 g/mol. The third-order valence-electron chi connectivity index (χ3n) is 5.64. The lowest BCUT2D eigenvalue weighted by molar-refractivity contribution is -0.144. The molecule has 0 aliphatic carbocycles. The van der Waals surface area contributed by atoms with Crippen molar-refractivity contribution in [3.63, 3.8) is 0 Å². The zero-order valence-corrected chi connectivity index (χ0v) is 20.7. The predicted molar refractivity (Wildman–Crippen MR) is 139 cm³/mol. The van der Waals surface area contributed by atoms with Gasteiger partial charge in [-0.15, -0.1) is 0 Å². The standard InChI is InChI=1S/C29H34N2O4/c1-21(2)10-9-11-22(3)16-17-34-28(32)27(18-24-19-30-26-15-8-7-14-25(24)26)31-29(33)35-20-23-12-5-4-6-13-23/h4-8,10,12-16,19,27,30H,9,11,17-18,20H2,1-3H3,(H,31,33)/b22-16+/t27-/m0/s1. The maximum Gasteiger partial charge on any atom is 0.408 e. The van der Waals surface area contributed by atoms with Crippen LogP contribution in [0.2, 0.25) is 0 Å². The van der Waals surface area contributed by atoms with Gasteiger partial charge >= 0.3 is 12.1 Å². The van der Waals surface area contributed by atoms with Gasteiger partial charge in [0, 0.05) is 23.5 Å². The van der Waals surface area contributed by atoms with E-state index >= 15 is 0 Å². The predicted octanol–water partition coefficient (Wildman–Crippen LogP) is 6.24. The van der Waals surface area contributed by atoms with Crippen molar-refractivity contribution in [3.05, 3.63) is 95.2 Å². The van der Waals surface area contributed by atoms with E-state index in [1.54, 1.807) is 0 Å². The number of allylic oxidation sites excluding steroid dienone is 3. The van der Waals surface area contributed by atoms with E-state index in [-0.39, 0.29) is 19.6 Å². The SMILES string of the molecule is CC(C)=CCC/C(C)=C/COC(=O)[C@H](Cc1c[nH]c2ccccc12)NC(=O)OCc1ccccc1. The lowest BCUT2D eigenvalue weighted by Gasteiger charge is -2.17. The summed E-state index contributed by atoms with van der Waals surface area (Å²) in [6, 6.07) is 16.4. The summed E-state index contributed by atoms with van der Waals surface area (Å²) < 4.78 is 10.9. The molecule has 0 fully saturated rings. The molecular weight excluding hydrogens is 440 g/mol. The van der Waals surface area contributed by atoms with E-state index in [0.717, 1.165) is 40.4 Å². The molecule has 1 heterocycles. The Balaban J connectivity index is 1.63. The van der Waals surface area contributed by atoms with Gasteiger partial charge in [-0.25, -0.2) is 9.59 Å². The highest BCUT2D eigenvalue weighted by Crippen LogP contribution is 2.19. The van der Waals surface area contributed by atoms with E-state index in [9.17, 15) is 9.59 Å². The van der Waals surface area contributed by atoms with Crippen LogP contribution in [0, 0.1) is 0 Å². The first-order chi connectivity index (χ1) is 16.9. The first kappa shape index (κ1) is 25.8. The molecule has 1 amide bonds. The summed E-state index contributed by atoms with van der Waals surface area (Å²) >= 11 is 0. The van der Waals surface area contributed by atoms with Gasteiger partial charge in [-0.1, -0.05) is 65.8 Å². The van der Waals surface area contributed by atoms with E-state index in [0.29, 0.717) is 0 Å². The minimum absolute atomic E-state index is 0.120. The van der Waals surface area contributed by atoms with Crippen molar-refractivity contribution in [2.45, 2.75) is 52.7 Å². The van der Waals surface area contributed by atoms with Crippen LogP contribution >= 0.6 is 0 Å². The lowest BCUT2D eigenvalue weighted by atomic mass is 10.1. The van der Waals surface area contributed by atoms with Crippen molar-refractivity contribution < 1.29 is 19.1 Å². The highest BCUT2D eigenvalue weighted by molar-refractivity contribution is 5.86. The summed E-state index contributed by atoms with van der Waals surface area (Å²) in [7, 11) is 0. The Kier molecular flexibility index (Phi) is 9.72. The molecule has 2 N–H and O–H groups in total. The van der Waals surface area contributed by atoms with Crippen LogP contribution < -0.4 is 5.32 Å². The number of aromatic amines is 1. The number of hydrogen-bond donors (Lipinski definition) is 2. The zero-order valence-electron chi connectivity index (χ0n) is 20.7. The number of para-hydroxylation sites is 1. The minimum atomic E-state index is -0.878. The van der Waals surface area contributed by atoms with Gasteiger partial charge in [0.15, 0.2) is 0 Å². The van der Waals surface area contributed by atoms with Crippen molar-refractivity contribution in [1.29, 1.82) is 0 Å². The van der Waals surface area contributed by atoms with E-state index in [2.05, 4.69) is 30.2 Å². The number of hydrogen-bond acceptors (Lipinski definition) is 4. The quantitative estimate of drug-likeness (QED) is 0.255. The van der Waals surface area contributed by atoms with Gasteiger partial charge in [0.2, 0.25) is 0 Å². The van der Waals surface area contributed by atoms with Gasteiger partial charge in [-0.3, -0.25) is 0 Å². The van der Waals surface area contributed by atoms with Crippen LogP contribution in [0.1, 0.15) is 44.7 Å². The number of fused-ring (bicyclic) bond motifs is 1. The smallest absolute Gasteiger partial charge is 0.408 e. The van der Waals surface area contributed by atoms with Gasteiger partial charge in [0.1, 0.15) is 19.3 Å². The molecule has 1 aromatic heterocycles. The Morgan fingerprint density at radius 2 is 1.71 bits per heavy atom. The number of alkyl carbamates (subject to hydrolysis) is 1. The fraction of sp³-hybridized carbons (Fsp3) is 0.310. The number of benzene rings is 2.